The molecule has 9 nitrogen and oxygen atoms in total. The maximum absolute atomic E-state index is 14.2. The van der Waals surface area contributed by atoms with Gasteiger partial charge in [0.25, 0.3) is 10.1 Å². The molecule has 11 heteroatoms. The number of unbranched alkanes of at least 4 members (excludes halogenated alkanes) is 2. The van der Waals surface area contributed by atoms with E-state index in [9.17, 15) is 27.6 Å². The van der Waals surface area contributed by atoms with Gasteiger partial charge in [0.15, 0.2) is 11.4 Å². The smallest absolute Gasteiger partial charge is 0.434 e. The second-order valence-electron chi connectivity index (χ2n) is 13.3. The number of rotatable bonds is 10. The van der Waals surface area contributed by atoms with Crippen molar-refractivity contribution in [2.75, 3.05) is 13.2 Å². The van der Waals surface area contributed by atoms with E-state index in [1.807, 2.05) is 13.8 Å². The average molecular weight is 649 g/mol. The summed E-state index contributed by atoms with van der Waals surface area (Å²) in [6, 6.07) is 5.36. The van der Waals surface area contributed by atoms with E-state index in [-0.39, 0.29) is 53.7 Å². The normalized spacial score (nSPS) is 33.1. The molecule has 3 saturated carbocycles. The van der Waals surface area contributed by atoms with Crippen molar-refractivity contribution in [2.24, 2.45) is 28.6 Å². The zero-order valence-electron chi connectivity index (χ0n) is 25.6. The Morgan fingerprint density at radius 1 is 1.02 bits per heavy atom. The summed E-state index contributed by atoms with van der Waals surface area (Å²) in [5.74, 6) is -1.18. The molecule has 4 aliphatic rings. The number of Topliss-reactive ketones (excluding diaryl/α,β-unsaturated/α-hetero) is 2. The van der Waals surface area contributed by atoms with Crippen LogP contribution < -0.4 is 0 Å². The lowest BCUT2D eigenvalue weighted by Gasteiger charge is -2.58. The number of fused-ring (bicyclic) bond motifs is 5. The number of allylic oxidation sites excluding steroid dienone is 1. The first kappa shape index (κ1) is 32.8. The van der Waals surface area contributed by atoms with Gasteiger partial charge in [-0.1, -0.05) is 50.8 Å². The summed E-state index contributed by atoms with van der Waals surface area (Å²) in [6.07, 6.45) is 6.10. The summed E-state index contributed by atoms with van der Waals surface area (Å²) in [7, 11) is -4.33. The van der Waals surface area contributed by atoms with Gasteiger partial charge in [-0.3, -0.25) is 18.6 Å². The first-order chi connectivity index (χ1) is 20.8. The monoisotopic (exact) mass is 648 g/mol. The van der Waals surface area contributed by atoms with Gasteiger partial charge >= 0.3 is 6.16 Å². The van der Waals surface area contributed by atoms with Gasteiger partial charge in [0.05, 0.1) is 11.5 Å². The first-order valence-electron chi connectivity index (χ1n) is 15.6. The van der Waals surface area contributed by atoms with Gasteiger partial charge in [-0.25, -0.2) is 4.79 Å². The fourth-order valence-corrected chi connectivity index (χ4v) is 9.64. The third-order valence-electron chi connectivity index (χ3n) is 10.9. The van der Waals surface area contributed by atoms with Crippen molar-refractivity contribution >= 4 is 45.2 Å². The molecule has 4 aliphatic carbocycles. The van der Waals surface area contributed by atoms with Gasteiger partial charge in [0.2, 0.25) is 5.78 Å². The summed E-state index contributed by atoms with van der Waals surface area (Å²) in [5, 5.41) is 0.342. The van der Waals surface area contributed by atoms with Crippen molar-refractivity contribution < 1.29 is 41.3 Å². The minimum Gasteiger partial charge on any atom is -0.434 e. The predicted octanol–water partition coefficient (Wildman–Crippen LogP) is 6.41. The fourth-order valence-electron chi connectivity index (χ4n) is 8.65. The van der Waals surface area contributed by atoms with Crippen LogP contribution in [0.4, 0.5) is 4.79 Å². The molecule has 44 heavy (non-hydrogen) atoms. The molecule has 6 atom stereocenters. The van der Waals surface area contributed by atoms with Crippen LogP contribution in [0.3, 0.4) is 0 Å². The highest BCUT2D eigenvalue weighted by Gasteiger charge is 2.71. The maximum Gasteiger partial charge on any atom is 0.509 e. The van der Waals surface area contributed by atoms with Crippen molar-refractivity contribution in [3.05, 3.63) is 40.9 Å². The largest absolute Gasteiger partial charge is 0.509 e. The van der Waals surface area contributed by atoms with Gasteiger partial charge in [0, 0.05) is 29.2 Å². The highest BCUT2D eigenvalue weighted by molar-refractivity contribution is 7.86. The molecule has 3 fully saturated rings. The summed E-state index contributed by atoms with van der Waals surface area (Å²) in [4.78, 5) is 53.5. The lowest BCUT2D eigenvalue weighted by atomic mass is 9.46. The fraction of sp³-hybridized carbons (Fsp3) is 0.636. The summed E-state index contributed by atoms with van der Waals surface area (Å²) < 4.78 is 42.5. The highest BCUT2D eigenvalue weighted by atomic mass is 35.5. The van der Waals surface area contributed by atoms with Crippen LogP contribution >= 0.6 is 11.6 Å². The predicted molar refractivity (Wildman–Crippen MR) is 161 cm³/mol. The molecular formula is C33H41ClO9S. The topological polar surface area (TPSA) is 130 Å². The molecule has 0 heterocycles. The lowest BCUT2D eigenvalue weighted by Crippen LogP contribution is -2.62. The van der Waals surface area contributed by atoms with E-state index in [1.165, 1.54) is 24.3 Å². The van der Waals surface area contributed by atoms with E-state index in [1.54, 1.807) is 6.08 Å². The highest BCUT2D eigenvalue weighted by Crippen LogP contribution is 2.67. The van der Waals surface area contributed by atoms with Crippen molar-refractivity contribution in [2.45, 2.75) is 95.5 Å². The Bertz CT molecular complexity index is 1470. The van der Waals surface area contributed by atoms with Crippen LogP contribution in [0.2, 0.25) is 5.02 Å². The third-order valence-corrected chi connectivity index (χ3v) is 12.4. The number of benzene rings is 1. The minimum atomic E-state index is -4.33. The Balaban J connectivity index is 1.45. The number of carbonyl (C=O) groups excluding carboxylic acids is 4. The van der Waals surface area contributed by atoms with E-state index in [2.05, 4.69) is 6.92 Å². The van der Waals surface area contributed by atoms with Crippen LogP contribution in [0.1, 0.15) is 85.0 Å². The van der Waals surface area contributed by atoms with E-state index in [0.29, 0.717) is 43.5 Å². The lowest BCUT2D eigenvalue weighted by molar-refractivity contribution is -0.174. The molecule has 1 aromatic rings. The second-order valence-corrected chi connectivity index (χ2v) is 15.3. The first-order valence-corrected chi connectivity index (χ1v) is 17.4. The molecule has 240 valence electrons. The number of ketones is 3. The standard InChI is InChI=1S/C33H41ClO9S/c1-4-5-6-17-41-30(38)43-33(28(37)20-42-44(39,40)24-10-8-22(34)9-11-24)16-14-26-25-12-7-21-18-23(35)13-15-31(21,2)29(25)27(36)19-32(26,33)3/h8-11,18,25-26,29H,4-7,12-17,19-20H2,1-3H3/t25-,26-,29+,31-,32-,33-/m0/s1. The Kier molecular flexibility index (Phi) is 9.19. The molecule has 0 aliphatic heterocycles. The van der Waals surface area contributed by atoms with Gasteiger partial charge in [0.1, 0.15) is 12.4 Å². The Hall–Kier alpha value is -2.56. The molecule has 1 aromatic carbocycles. The van der Waals surface area contributed by atoms with E-state index < -0.39 is 45.1 Å². The molecule has 5 rings (SSSR count). The van der Waals surface area contributed by atoms with E-state index in [0.717, 1.165) is 18.4 Å². The number of hydrogen-bond donors (Lipinski definition) is 0. The zero-order valence-corrected chi connectivity index (χ0v) is 27.1. The number of carbonyl (C=O) groups is 4. The van der Waals surface area contributed by atoms with Crippen LogP contribution in [0.5, 0.6) is 0 Å². The zero-order chi connectivity index (χ0) is 31.9. The van der Waals surface area contributed by atoms with Gasteiger partial charge in [-0.15, -0.1) is 0 Å². The number of halogens is 1. The quantitative estimate of drug-likeness (QED) is 0.160. The molecule has 0 amide bonds. The molecule has 0 saturated heterocycles. The molecule has 0 radical (unpaired) electrons. The SMILES string of the molecule is CCCCCOC(=O)O[C@]1(C(=O)COS(=O)(=O)c2ccc(Cl)cc2)CC[C@H]2[C@@H]3CCC4=CC(=O)CC[C@]4(C)[C@H]3C(=O)C[C@@]21C. The molecular weight excluding hydrogens is 608 g/mol. The van der Waals surface area contributed by atoms with Crippen LogP contribution in [0.25, 0.3) is 0 Å². The average Bonchev–Trinajstić information content (AvgIpc) is 3.26. The van der Waals surface area contributed by atoms with Gasteiger partial charge in [-0.05, 0) is 86.1 Å². The number of ether oxygens (including phenoxy) is 2. The molecule has 0 spiro atoms. The number of hydrogen-bond acceptors (Lipinski definition) is 9. The van der Waals surface area contributed by atoms with Crippen LogP contribution in [0.15, 0.2) is 40.8 Å². The van der Waals surface area contributed by atoms with E-state index >= 15 is 0 Å². The van der Waals surface area contributed by atoms with Crippen molar-refractivity contribution in [1.82, 2.24) is 0 Å². The second kappa shape index (κ2) is 12.3. The Labute approximate surface area is 264 Å². The van der Waals surface area contributed by atoms with Crippen molar-refractivity contribution in [3.8, 4) is 0 Å². The van der Waals surface area contributed by atoms with E-state index in [4.69, 9.17) is 25.3 Å². The van der Waals surface area contributed by atoms with Crippen LogP contribution in [-0.2, 0) is 38.2 Å². The van der Waals surface area contributed by atoms with Crippen LogP contribution in [0, 0.1) is 28.6 Å². The van der Waals surface area contributed by atoms with Gasteiger partial charge in [-0.2, -0.15) is 8.42 Å². The molecule has 0 unspecified atom stereocenters. The van der Waals surface area contributed by atoms with Crippen molar-refractivity contribution in [1.29, 1.82) is 0 Å². The maximum atomic E-state index is 14.2. The molecule has 0 aromatic heterocycles. The molecule has 0 N–H and O–H groups in total. The van der Waals surface area contributed by atoms with Crippen LogP contribution in [-0.4, -0.2) is 50.7 Å². The van der Waals surface area contributed by atoms with Crippen molar-refractivity contribution in [3.63, 3.8) is 0 Å². The summed E-state index contributed by atoms with van der Waals surface area (Å²) in [5.41, 5.74) is -2.31. The summed E-state index contributed by atoms with van der Waals surface area (Å²) in [6.45, 7) is 5.16. The summed E-state index contributed by atoms with van der Waals surface area (Å²) >= 11 is 5.89. The van der Waals surface area contributed by atoms with Gasteiger partial charge < -0.3 is 9.47 Å². The molecule has 0 bridgehead atoms. The third kappa shape index (κ3) is 5.66. The Morgan fingerprint density at radius 3 is 2.45 bits per heavy atom. The minimum absolute atomic E-state index is 0.0194. The Morgan fingerprint density at radius 2 is 1.75 bits per heavy atom.